The molecule has 13 heavy (non-hydrogen) atoms. The van der Waals surface area contributed by atoms with E-state index in [0.29, 0.717) is 0 Å². The number of rotatable bonds is 1. The summed E-state index contributed by atoms with van der Waals surface area (Å²) in [7, 11) is 0. The summed E-state index contributed by atoms with van der Waals surface area (Å²) in [6.07, 6.45) is 0. The number of phenols is 3. The molecule has 0 saturated heterocycles. The van der Waals surface area contributed by atoms with Crippen molar-refractivity contribution in [2.45, 2.75) is 5.97 Å². The first-order valence-corrected chi connectivity index (χ1v) is 3.25. The molecule has 6 heteroatoms. The van der Waals surface area contributed by atoms with Crippen LogP contribution < -0.4 is 0 Å². The van der Waals surface area contributed by atoms with Gasteiger partial charge in [-0.2, -0.15) is 0 Å². The normalized spacial score (nSPS) is 11.6. The van der Waals surface area contributed by atoms with Crippen molar-refractivity contribution in [2.75, 3.05) is 0 Å². The molecule has 0 aliphatic carbocycles. The first-order chi connectivity index (χ1) is 5.82. The van der Waals surface area contributed by atoms with Crippen molar-refractivity contribution in [3.05, 3.63) is 17.7 Å². The summed E-state index contributed by atoms with van der Waals surface area (Å²) in [6.45, 7) is 0. The Morgan fingerprint density at radius 1 is 0.846 bits per heavy atom. The van der Waals surface area contributed by atoms with E-state index in [4.69, 9.17) is 30.6 Å². The molecule has 0 bridgehead atoms. The van der Waals surface area contributed by atoms with Crippen LogP contribution in [0, 0.1) is 0 Å². The minimum Gasteiger partial charge on any atom is -0.508 e. The van der Waals surface area contributed by atoms with Gasteiger partial charge in [0.1, 0.15) is 22.8 Å². The highest BCUT2D eigenvalue weighted by Gasteiger charge is 2.30. The zero-order chi connectivity index (χ0) is 10.2. The first kappa shape index (κ1) is 9.59. The second kappa shape index (κ2) is 2.77. The van der Waals surface area contributed by atoms with Crippen molar-refractivity contribution in [3.63, 3.8) is 0 Å². The predicted molar refractivity (Wildman–Crippen MR) is 39.8 cm³/mol. The maximum Gasteiger partial charge on any atom is 0.311 e. The molecule has 0 atom stereocenters. The van der Waals surface area contributed by atoms with Crippen molar-refractivity contribution in [1.82, 2.24) is 0 Å². The van der Waals surface area contributed by atoms with E-state index >= 15 is 0 Å². The molecule has 0 aromatic heterocycles. The molecule has 1 rings (SSSR count). The summed E-state index contributed by atoms with van der Waals surface area (Å²) in [5.41, 5.74) is -0.884. The lowest BCUT2D eigenvalue weighted by atomic mass is 10.1. The van der Waals surface area contributed by atoms with Crippen LogP contribution >= 0.6 is 0 Å². The molecule has 0 radical (unpaired) electrons. The summed E-state index contributed by atoms with van der Waals surface area (Å²) in [4.78, 5) is 0. The molecule has 72 valence electrons. The summed E-state index contributed by atoms with van der Waals surface area (Å²) in [5, 5.41) is 52.8. The molecule has 0 saturated carbocycles. The van der Waals surface area contributed by atoms with Crippen LogP contribution in [0.25, 0.3) is 0 Å². The molecule has 6 N–H and O–H groups in total. The molecule has 0 spiro atoms. The Labute approximate surface area is 72.6 Å². The number of aliphatic hydroxyl groups is 3. The van der Waals surface area contributed by atoms with E-state index in [-0.39, 0.29) is 0 Å². The van der Waals surface area contributed by atoms with Gasteiger partial charge < -0.3 is 30.6 Å². The summed E-state index contributed by atoms with van der Waals surface area (Å²) < 4.78 is 0. The van der Waals surface area contributed by atoms with Crippen molar-refractivity contribution in [1.29, 1.82) is 0 Å². The van der Waals surface area contributed by atoms with Gasteiger partial charge >= 0.3 is 5.97 Å². The van der Waals surface area contributed by atoms with Gasteiger partial charge in [-0.1, -0.05) is 0 Å². The van der Waals surface area contributed by atoms with Gasteiger partial charge in [-0.3, -0.25) is 0 Å². The van der Waals surface area contributed by atoms with E-state index in [0.717, 1.165) is 12.1 Å². The average Bonchev–Trinajstić information content (AvgIpc) is 1.78. The maximum atomic E-state index is 9.01. The van der Waals surface area contributed by atoms with Gasteiger partial charge in [0.15, 0.2) is 0 Å². The van der Waals surface area contributed by atoms with Crippen LogP contribution in [0.4, 0.5) is 0 Å². The molecule has 0 fully saturated rings. The van der Waals surface area contributed by atoms with Gasteiger partial charge in [-0.05, 0) is 0 Å². The average molecular weight is 188 g/mol. The highest BCUT2D eigenvalue weighted by Crippen LogP contribution is 2.36. The van der Waals surface area contributed by atoms with Crippen LogP contribution in [-0.4, -0.2) is 30.6 Å². The van der Waals surface area contributed by atoms with Crippen molar-refractivity contribution in [2.24, 2.45) is 0 Å². The quantitative estimate of drug-likeness (QED) is 0.311. The molecule has 0 aliphatic rings. The van der Waals surface area contributed by atoms with E-state index in [1.807, 2.05) is 0 Å². The fourth-order valence-corrected chi connectivity index (χ4v) is 0.941. The maximum absolute atomic E-state index is 9.01. The van der Waals surface area contributed by atoms with Crippen LogP contribution in [0.5, 0.6) is 17.2 Å². The Kier molecular flexibility index (Phi) is 2.04. The lowest BCUT2D eigenvalue weighted by molar-refractivity contribution is -0.324. The van der Waals surface area contributed by atoms with Crippen LogP contribution in [0.2, 0.25) is 0 Å². The van der Waals surface area contributed by atoms with Crippen molar-refractivity contribution < 1.29 is 30.6 Å². The molecule has 0 aliphatic heterocycles. The third-order valence-electron chi connectivity index (χ3n) is 1.42. The number of hydrogen-bond acceptors (Lipinski definition) is 6. The van der Waals surface area contributed by atoms with E-state index < -0.39 is 28.8 Å². The number of phenolic OH excluding ortho intramolecular Hbond substituents is 3. The zero-order valence-corrected chi connectivity index (χ0v) is 6.34. The molecule has 1 aromatic rings. The van der Waals surface area contributed by atoms with Gasteiger partial charge in [0.2, 0.25) is 0 Å². The summed E-state index contributed by atoms with van der Waals surface area (Å²) >= 11 is 0. The van der Waals surface area contributed by atoms with Gasteiger partial charge in [0.05, 0.1) is 0 Å². The van der Waals surface area contributed by atoms with Crippen LogP contribution in [0.3, 0.4) is 0 Å². The minimum absolute atomic E-state index is 0.469. The minimum atomic E-state index is -3.35. The van der Waals surface area contributed by atoms with Crippen molar-refractivity contribution in [3.8, 4) is 17.2 Å². The molecule has 0 heterocycles. The van der Waals surface area contributed by atoms with E-state index in [9.17, 15) is 0 Å². The SMILES string of the molecule is Oc1cc(O)c(C(O)(O)O)c(O)c1. The third kappa shape index (κ3) is 1.81. The Bertz CT molecular complexity index is 303. The Morgan fingerprint density at radius 3 is 1.54 bits per heavy atom. The molecule has 6 nitrogen and oxygen atoms in total. The fraction of sp³-hybridized carbons (Fsp3) is 0.143. The van der Waals surface area contributed by atoms with Gasteiger partial charge in [-0.25, -0.2) is 0 Å². The molecule has 0 unspecified atom stereocenters. The number of aromatic hydroxyl groups is 3. The standard InChI is InChI=1S/C7H8O6/c8-3-1-4(9)6(5(10)2-3)7(11,12)13/h1-2,8-13H. The van der Waals surface area contributed by atoms with E-state index in [1.54, 1.807) is 0 Å². The summed E-state index contributed by atoms with van der Waals surface area (Å²) in [6, 6.07) is 1.49. The zero-order valence-electron chi connectivity index (χ0n) is 6.34. The van der Waals surface area contributed by atoms with Gasteiger partial charge in [0, 0.05) is 12.1 Å². The monoisotopic (exact) mass is 188 g/mol. The van der Waals surface area contributed by atoms with Crippen LogP contribution in [0.1, 0.15) is 5.56 Å². The largest absolute Gasteiger partial charge is 0.508 e. The fourth-order valence-electron chi connectivity index (χ4n) is 0.941. The number of benzene rings is 1. The van der Waals surface area contributed by atoms with Gasteiger partial charge in [-0.15, -0.1) is 0 Å². The molecule has 1 aromatic carbocycles. The van der Waals surface area contributed by atoms with Crippen LogP contribution in [-0.2, 0) is 5.97 Å². The Hall–Kier alpha value is -1.50. The second-order valence-electron chi connectivity index (χ2n) is 2.49. The number of hydrogen-bond donors (Lipinski definition) is 6. The third-order valence-corrected chi connectivity index (χ3v) is 1.42. The first-order valence-electron chi connectivity index (χ1n) is 3.25. The van der Waals surface area contributed by atoms with E-state index in [1.165, 1.54) is 0 Å². The topological polar surface area (TPSA) is 121 Å². The van der Waals surface area contributed by atoms with Gasteiger partial charge in [0.25, 0.3) is 0 Å². The van der Waals surface area contributed by atoms with Crippen molar-refractivity contribution >= 4 is 0 Å². The smallest absolute Gasteiger partial charge is 0.311 e. The molecular weight excluding hydrogens is 180 g/mol. The second-order valence-corrected chi connectivity index (χ2v) is 2.49. The molecular formula is C7H8O6. The highest BCUT2D eigenvalue weighted by molar-refractivity contribution is 5.49. The molecule has 0 amide bonds. The lowest BCUT2D eigenvalue weighted by Gasteiger charge is -2.16. The van der Waals surface area contributed by atoms with E-state index in [2.05, 4.69) is 0 Å². The highest BCUT2D eigenvalue weighted by atomic mass is 16.7. The Morgan fingerprint density at radius 2 is 1.23 bits per heavy atom. The Balaban J connectivity index is 3.38. The predicted octanol–water partition coefficient (Wildman–Crippen LogP) is -1.11. The van der Waals surface area contributed by atoms with Crippen LogP contribution in [0.15, 0.2) is 12.1 Å². The lowest BCUT2D eigenvalue weighted by Crippen LogP contribution is -2.23. The summed E-state index contributed by atoms with van der Waals surface area (Å²) in [5.74, 6) is -5.47.